The molecule has 0 heterocycles. The van der Waals surface area contributed by atoms with E-state index in [9.17, 15) is 9.90 Å². The summed E-state index contributed by atoms with van der Waals surface area (Å²) in [6, 6.07) is 0. The maximum absolute atomic E-state index is 10.8. The third-order valence-corrected chi connectivity index (χ3v) is 1.80. The van der Waals surface area contributed by atoms with Crippen LogP contribution in [0.5, 0.6) is 0 Å². The molecule has 0 spiro atoms. The van der Waals surface area contributed by atoms with Crippen LogP contribution in [0.2, 0.25) is 0 Å². The number of aliphatic hydroxyl groups is 1. The van der Waals surface area contributed by atoms with Crippen molar-refractivity contribution < 1.29 is 14.6 Å². The molecule has 0 aromatic heterocycles. The molecule has 3 heteroatoms. The third-order valence-electron chi connectivity index (χ3n) is 1.80. The topological polar surface area (TPSA) is 46.5 Å². The second kappa shape index (κ2) is 3.54. The molecule has 0 aromatic carbocycles. The lowest BCUT2D eigenvalue weighted by molar-refractivity contribution is -0.144. The molecule has 1 aliphatic carbocycles. The van der Waals surface area contributed by atoms with Crippen LogP contribution in [0.25, 0.3) is 0 Å². The van der Waals surface area contributed by atoms with Crippen LogP contribution < -0.4 is 0 Å². The SMILES string of the molecule is COC(=O)CC1(O)C=CC=CC1. The molecule has 1 unspecified atom stereocenters. The zero-order chi connectivity index (χ0) is 9.03. The van der Waals surface area contributed by atoms with Gasteiger partial charge in [-0.2, -0.15) is 0 Å². The van der Waals surface area contributed by atoms with E-state index in [-0.39, 0.29) is 6.42 Å². The second-order valence-electron chi connectivity index (χ2n) is 2.85. The summed E-state index contributed by atoms with van der Waals surface area (Å²) in [5.41, 5.74) is -1.04. The number of esters is 1. The van der Waals surface area contributed by atoms with Crippen LogP contribution >= 0.6 is 0 Å². The van der Waals surface area contributed by atoms with Gasteiger partial charge >= 0.3 is 5.97 Å². The standard InChI is InChI=1S/C9H12O3/c1-12-8(10)7-9(11)5-3-2-4-6-9/h2-5,11H,6-7H2,1H3. The van der Waals surface area contributed by atoms with E-state index in [4.69, 9.17) is 0 Å². The summed E-state index contributed by atoms with van der Waals surface area (Å²) in [6.45, 7) is 0. The Labute approximate surface area is 71.3 Å². The lowest BCUT2D eigenvalue weighted by atomic mass is 9.92. The molecule has 3 nitrogen and oxygen atoms in total. The number of hydrogen-bond acceptors (Lipinski definition) is 3. The first kappa shape index (κ1) is 9.00. The zero-order valence-electron chi connectivity index (χ0n) is 6.99. The predicted octanol–water partition coefficient (Wildman–Crippen LogP) is 0.797. The highest BCUT2D eigenvalue weighted by Gasteiger charge is 2.27. The van der Waals surface area contributed by atoms with Crippen molar-refractivity contribution in [3.63, 3.8) is 0 Å². The van der Waals surface area contributed by atoms with Crippen molar-refractivity contribution in [3.05, 3.63) is 24.3 Å². The van der Waals surface area contributed by atoms with Crippen LogP contribution in [0.1, 0.15) is 12.8 Å². The minimum absolute atomic E-state index is 0.0182. The fourth-order valence-corrected chi connectivity index (χ4v) is 1.11. The highest BCUT2D eigenvalue weighted by molar-refractivity contribution is 5.71. The number of allylic oxidation sites excluding steroid dienone is 2. The Morgan fingerprint density at radius 2 is 2.42 bits per heavy atom. The Bertz CT molecular complexity index is 230. The summed E-state index contributed by atoms with van der Waals surface area (Å²) < 4.78 is 4.46. The van der Waals surface area contributed by atoms with Gasteiger partial charge in [0.25, 0.3) is 0 Å². The van der Waals surface area contributed by atoms with Gasteiger partial charge in [-0.25, -0.2) is 0 Å². The maximum atomic E-state index is 10.8. The Morgan fingerprint density at radius 3 is 2.92 bits per heavy atom. The van der Waals surface area contributed by atoms with E-state index in [2.05, 4.69) is 4.74 Å². The minimum atomic E-state index is -1.04. The molecule has 12 heavy (non-hydrogen) atoms. The molecule has 0 saturated carbocycles. The fourth-order valence-electron chi connectivity index (χ4n) is 1.11. The number of carbonyl (C=O) groups excluding carboxylic acids is 1. The van der Waals surface area contributed by atoms with E-state index in [0.29, 0.717) is 6.42 Å². The van der Waals surface area contributed by atoms with Crippen molar-refractivity contribution in [2.24, 2.45) is 0 Å². The van der Waals surface area contributed by atoms with Gasteiger partial charge in [-0.1, -0.05) is 24.3 Å². The number of rotatable bonds is 2. The molecule has 0 fully saturated rings. The monoisotopic (exact) mass is 168 g/mol. The lowest BCUT2D eigenvalue weighted by Gasteiger charge is -2.23. The molecule has 0 saturated heterocycles. The summed E-state index contributed by atoms with van der Waals surface area (Å²) in [6.07, 6.45) is 7.49. The van der Waals surface area contributed by atoms with Gasteiger partial charge in [-0.3, -0.25) is 4.79 Å². The third kappa shape index (κ3) is 2.20. The molecule has 1 aliphatic rings. The summed E-state index contributed by atoms with van der Waals surface area (Å²) in [5.74, 6) is -0.391. The molecule has 1 rings (SSSR count). The molecule has 0 aromatic rings. The molecule has 0 aliphatic heterocycles. The normalized spacial score (nSPS) is 27.2. The molecule has 1 atom stereocenters. The summed E-state index contributed by atoms with van der Waals surface area (Å²) in [5, 5.41) is 9.73. The minimum Gasteiger partial charge on any atom is -0.469 e. The van der Waals surface area contributed by atoms with E-state index in [0.717, 1.165) is 0 Å². The number of ether oxygens (including phenoxy) is 1. The van der Waals surface area contributed by atoms with E-state index >= 15 is 0 Å². The van der Waals surface area contributed by atoms with Crippen molar-refractivity contribution in [2.45, 2.75) is 18.4 Å². The van der Waals surface area contributed by atoms with Gasteiger partial charge in [0, 0.05) is 0 Å². The number of methoxy groups -OCH3 is 1. The fraction of sp³-hybridized carbons (Fsp3) is 0.444. The molecular weight excluding hydrogens is 156 g/mol. The van der Waals surface area contributed by atoms with Gasteiger partial charge in [0.05, 0.1) is 19.1 Å². The van der Waals surface area contributed by atoms with Gasteiger partial charge in [0.1, 0.15) is 0 Å². The van der Waals surface area contributed by atoms with Gasteiger partial charge in [0.15, 0.2) is 0 Å². The van der Waals surface area contributed by atoms with Crippen LogP contribution in [-0.4, -0.2) is 23.8 Å². The van der Waals surface area contributed by atoms with Crippen molar-refractivity contribution >= 4 is 5.97 Å². The first-order chi connectivity index (χ1) is 5.66. The van der Waals surface area contributed by atoms with E-state index in [1.54, 1.807) is 12.2 Å². The average Bonchev–Trinajstić information content (AvgIpc) is 2.05. The first-order valence-corrected chi connectivity index (χ1v) is 3.80. The molecule has 0 radical (unpaired) electrons. The maximum Gasteiger partial charge on any atom is 0.308 e. The van der Waals surface area contributed by atoms with Crippen molar-refractivity contribution in [1.82, 2.24) is 0 Å². The van der Waals surface area contributed by atoms with Crippen molar-refractivity contribution in [3.8, 4) is 0 Å². The van der Waals surface area contributed by atoms with Crippen molar-refractivity contribution in [1.29, 1.82) is 0 Å². The average molecular weight is 168 g/mol. The van der Waals surface area contributed by atoms with Crippen LogP contribution in [0.15, 0.2) is 24.3 Å². The Kier molecular flexibility index (Phi) is 2.65. The quantitative estimate of drug-likeness (QED) is 0.620. The van der Waals surface area contributed by atoms with Gasteiger partial charge in [-0.15, -0.1) is 0 Å². The molecule has 0 bridgehead atoms. The summed E-state index contributed by atoms with van der Waals surface area (Å²) in [7, 11) is 1.31. The Balaban J connectivity index is 2.55. The largest absolute Gasteiger partial charge is 0.469 e. The highest BCUT2D eigenvalue weighted by Crippen LogP contribution is 2.21. The van der Waals surface area contributed by atoms with Gasteiger partial charge < -0.3 is 9.84 Å². The van der Waals surface area contributed by atoms with Crippen LogP contribution in [0, 0.1) is 0 Å². The second-order valence-corrected chi connectivity index (χ2v) is 2.85. The smallest absolute Gasteiger partial charge is 0.308 e. The highest BCUT2D eigenvalue weighted by atomic mass is 16.5. The van der Waals surface area contributed by atoms with Gasteiger partial charge in [0.2, 0.25) is 0 Å². The summed E-state index contributed by atoms with van der Waals surface area (Å²) in [4.78, 5) is 10.8. The zero-order valence-corrected chi connectivity index (χ0v) is 6.99. The first-order valence-electron chi connectivity index (χ1n) is 3.80. The number of carbonyl (C=O) groups is 1. The van der Waals surface area contributed by atoms with E-state index < -0.39 is 11.6 Å². The predicted molar refractivity (Wildman–Crippen MR) is 44.5 cm³/mol. The van der Waals surface area contributed by atoms with Crippen LogP contribution in [-0.2, 0) is 9.53 Å². The molecular formula is C9H12O3. The number of hydrogen-bond donors (Lipinski definition) is 1. The van der Waals surface area contributed by atoms with Crippen molar-refractivity contribution in [2.75, 3.05) is 7.11 Å². The van der Waals surface area contributed by atoms with Crippen LogP contribution in [0.3, 0.4) is 0 Å². The Hall–Kier alpha value is -1.09. The molecule has 0 amide bonds. The van der Waals surface area contributed by atoms with Crippen LogP contribution in [0.4, 0.5) is 0 Å². The molecule has 66 valence electrons. The van der Waals surface area contributed by atoms with E-state index in [1.807, 2.05) is 12.2 Å². The van der Waals surface area contributed by atoms with Gasteiger partial charge in [-0.05, 0) is 6.42 Å². The lowest BCUT2D eigenvalue weighted by Crippen LogP contribution is -2.30. The Morgan fingerprint density at radius 1 is 1.67 bits per heavy atom. The summed E-state index contributed by atoms with van der Waals surface area (Å²) >= 11 is 0. The van der Waals surface area contributed by atoms with E-state index in [1.165, 1.54) is 7.11 Å². The molecule has 1 N–H and O–H groups in total.